The molecule has 0 aromatic heterocycles. The molecule has 1 aliphatic rings. The number of anilines is 1. The molecule has 5 heteroatoms. The maximum atomic E-state index is 11.8. The molecule has 3 N–H and O–H groups in total. The number of carbonyl (C=O) groups excluding carboxylic acids is 1. The van der Waals surface area contributed by atoms with E-state index in [4.69, 9.17) is 4.74 Å². The summed E-state index contributed by atoms with van der Waals surface area (Å²) in [7, 11) is 0. The van der Waals surface area contributed by atoms with Crippen molar-refractivity contribution < 1.29 is 14.6 Å². The molecule has 0 saturated carbocycles. The van der Waals surface area contributed by atoms with Gasteiger partial charge in [-0.1, -0.05) is 0 Å². The summed E-state index contributed by atoms with van der Waals surface area (Å²) in [6.45, 7) is 4.04. The second kappa shape index (κ2) is 5.84. The van der Waals surface area contributed by atoms with Gasteiger partial charge in [-0.05, 0) is 30.7 Å². The number of hydrogen-bond acceptors (Lipinski definition) is 4. The van der Waals surface area contributed by atoms with Crippen molar-refractivity contribution in [1.29, 1.82) is 0 Å². The monoisotopic (exact) mass is 250 g/mol. The van der Waals surface area contributed by atoms with E-state index < -0.39 is 0 Å². The zero-order valence-corrected chi connectivity index (χ0v) is 10.4. The summed E-state index contributed by atoms with van der Waals surface area (Å²) < 4.78 is 5.47. The maximum absolute atomic E-state index is 11.8. The summed E-state index contributed by atoms with van der Waals surface area (Å²) in [6, 6.07) is 4.87. The second-order valence-corrected chi connectivity index (χ2v) is 4.45. The molecular weight excluding hydrogens is 232 g/mol. The van der Waals surface area contributed by atoms with Crippen LogP contribution in [0.2, 0.25) is 0 Å². The number of phenols is 1. The van der Waals surface area contributed by atoms with Crippen molar-refractivity contribution in [2.75, 3.05) is 25.0 Å². The Labute approximate surface area is 106 Å². The summed E-state index contributed by atoms with van der Waals surface area (Å²) in [5.41, 5.74) is 1.56. The number of rotatable bonds is 3. The molecule has 1 heterocycles. The van der Waals surface area contributed by atoms with E-state index in [1.807, 2.05) is 6.92 Å². The largest absolute Gasteiger partial charge is 0.508 e. The van der Waals surface area contributed by atoms with Crippen LogP contribution in [0, 0.1) is 6.92 Å². The van der Waals surface area contributed by atoms with Crippen LogP contribution in [-0.2, 0) is 9.53 Å². The average Bonchev–Trinajstić information content (AvgIpc) is 2.34. The molecule has 1 unspecified atom stereocenters. The number of amides is 1. The van der Waals surface area contributed by atoms with E-state index in [-0.39, 0.29) is 17.8 Å². The third-order valence-corrected chi connectivity index (χ3v) is 2.90. The van der Waals surface area contributed by atoms with E-state index in [0.717, 1.165) is 17.8 Å². The van der Waals surface area contributed by atoms with Gasteiger partial charge in [0.05, 0.1) is 19.1 Å². The maximum Gasteiger partial charge on any atom is 0.227 e. The Bertz CT molecular complexity index is 428. The fourth-order valence-electron chi connectivity index (χ4n) is 1.95. The number of aromatic hydroxyl groups is 1. The zero-order valence-electron chi connectivity index (χ0n) is 10.4. The Balaban J connectivity index is 1.90. The lowest BCUT2D eigenvalue weighted by Crippen LogP contribution is -2.40. The molecule has 1 amide bonds. The quantitative estimate of drug-likeness (QED) is 0.700. The topological polar surface area (TPSA) is 70.6 Å². The average molecular weight is 250 g/mol. The molecule has 0 bridgehead atoms. The van der Waals surface area contributed by atoms with E-state index in [1.54, 1.807) is 18.2 Å². The number of morpholine rings is 1. The van der Waals surface area contributed by atoms with Crippen LogP contribution in [0.15, 0.2) is 18.2 Å². The number of phenolic OH excluding ortho intramolecular Hbond substituents is 1. The van der Waals surface area contributed by atoms with Crippen LogP contribution in [-0.4, -0.2) is 36.8 Å². The van der Waals surface area contributed by atoms with Gasteiger partial charge < -0.3 is 20.5 Å². The van der Waals surface area contributed by atoms with Crippen molar-refractivity contribution in [2.24, 2.45) is 0 Å². The molecule has 2 rings (SSSR count). The van der Waals surface area contributed by atoms with E-state index in [0.29, 0.717) is 19.6 Å². The van der Waals surface area contributed by atoms with E-state index in [2.05, 4.69) is 10.6 Å². The number of aryl methyl sites for hydroxylation is 1. The first-order valence-electron chi connectivity index (χ1n) is 6.07. The summed E-state index contributed by atoms with van der Waals surface area (Å²) in [6.07, 6.45) is 0.281. The first kappa shape index (κ1) is 12.9. The van der Waals surface area contributed by atoms with Crippen LogP contribution in [0.3, 0.4) is 0 Å². The number of ether oxygens (including phenoxy) is 1. The highest BCUT2D eigenvalue weighted by molar-refractivity contribution is 5.91. The predicted molar refractivity (Wildman–Crippen MR) is 68.7 cm³/mol. The third-order valence-electron chi connectivity index (χ3n) is 2.90. The van der Waals surface area contributed by atoms with Crippen LogP contribution in [0.25, 0.3) is 0 Å². The van der Waals surface area contributed by atoms with Crippen LogP contribution in [0.5, 0.6) is 5.75 Å². The zero-order chi connectivity index (χ0) is 13.0. The Morgan fingerprint density at radius 2 is 2.44 bits per heavy atom. The fraction of sp³-hybridized carbons (Fsp3) is 0.462. The van der Waals surface area contributed by atoms with Gasteiger partial charge in [0.1, 0.15) is 5.75 Å². The van der Waals surface area contributed by atoms with Gasteiger partial charge in [-0.2, -0.15) is 0 Å². The second-order valence-electron chi connectivity index (χ2n) is 4.45. The fourth-order valence-corrected chi connectivity index (χ4v) is 1.95. The molecule has 5 nitrogen and oxygen atoms in total. The van der Waals surface area contributed by atoms with Gasteiger partial charge in [0.25, 0.3) is 0 Å². The van der Waals surface area contributed by atoms with E-state index in [9.17, 15) is 9.90 Å². The number of hydrogen-bond donors (Lipinski definition) is 3. The van der Waals surface area contributed by atoms with Gasteiger partial charge in [0.15, 0.2) is 0 Å². The molecule has 1 saturated heterocycles. The Kier molecular flexibility index (Phi) is 4.17. The summed E-state index contributed by atoms with van der Waals surface area (Å²) in [4.78, 5) is 11.8. The summed E-state index contributed by atoms with van der Waals surface area (Å²) in [5.74, 6) is 0.128. The number of nitrogens with one attached hydrogen (secondary N) is 2. The number of carbonyl (C=O) groups is 1. The Hall–Kier alpha value is -1.59. The van der Waals surface area contributed by atoms with Crippen LogP contribution in [0.4, 0.5) is 5.69 Å². The van der Waals surface area contributed by atoms with E-state index >= 15 is 0 Å². The first-order valence-corrected chi connectivity index (χ1v) is 6.07. The SMILES string of the molecule is Cc1cc(O)ccc1NC(=O)CC1CNCCO1. The van der Waals surface area contributed by atoms with E-state index in [1.165, 1.54) is 0 Å². The number of benzene rings is 1. The lowest BCUT2D eigenvalue weighted by atomic mass is 10.1. The van der Waals surface area contributed by atoms with Gasteiger partial charge in [0.2, 0.25) is 5.91 Å². The molecule has 1 aliphatic heterocycles. The highest BCUT2D eigenvalue weighted by Gasteiger charge is 2.17. The van der Waals surface area contributed by atoms with Crippen molar-refractivity contribution in [1.82, 2.24) is 5.32 Å². The molecular formula is C13H18N2O3. The van der Waals surface area contributed by atoms with Crippen molar-refractivity contribution in [3.8, 4) is 5.75 Å². The Morgan fingerprint density at radius 3 is 3.11 bits per heavy atom. The highest BCUT2D eigenvalue weighted by Crippen LogP contribution is 2.20. The standard InChI is InChI=1S/C13H18N2O3/c1-9-6-10(16)2-3-12(9)15-13(17)7-11-8-14-4-5-18-11/h2-3,6,11,14,16H,4-5,7-8H2,1H3,(H,15,17). The predicted octanol–water partition coefficient (Wildman–Crippen LogP) is 1.02. The van der Waals surface area contributed by atoms with Crippen LogP contribution >= 0.6 is 0 Å². The summed E-state index contributed by atoms with van der Waals surface area (Å²) >= 11 is 0. The molecule has 0 radical (unpaired) electrons. The lowest BCUT2D eigenvalue weighted by molar-refractivity contribution is -0.119. The normalized spacial score (nSPS) is 19.5. The van der Waals surface area contributed by atoms with Gasteiger partial charge in [-0.3, -0.25) is 4.79 Å². The summed E-state index contributed by atoms with van der Waals surface area (Å²) in [5, 5.41) is 15.3. The van der Waals surface area contributed by atoms with Crippen LogP contribution < -0.4 is 10.6 Å². The highest BCUT2D eigenvalue weighted by atomic mass is 16.5. The Morgan fingerprint density at radius 1 is 1.61 bits per heavy atom. The van der Waals surface area contributed by atoms with Gasteiger partial charge in [-0.25, -0.2) is 0 Å². The minimum atomic E-state index is -0.0718. The molecule has 1 fully saturated rings. The van der Waals surface area contributed by atoms with Crippen LogP contribution in [0.1, 0.15) is 12.0 Å². The molecule has 18 heavy (non-hydrogen) atoms. The molecule has 0 aliphatic carbocycles. The van der Waals surface area contributed by atoms with Gasteiger partial charge in [0, 0.05) is 18.8 Å². The minimum Gasteiger partial charge on any atom is -0.508 e. The van der Waals surface area contributed by atoms with Crippen molar-refractivity contribution in [3.05, 3.63) is 23.8 Å². The lowest BCUT2D eigenvalue weighted by Gasteiger charge is -2.23. The molecule has 0 spiro atoms. The molecule has 1 aromatic carbocycles. The van der Waals surface area contributed by atoms with Crippen molar-refractivity contribution >= 4 is 11.6 Å². The smallest absolute Gasteiger partial charge is 0.227 e. The van der Waals surface area contributed by atoms with Gasteiger partial charge >= 0.3 is 0 Å². The van der Waals surface area contributed by atoms with Crippen molar-refractivity contribution in [2.45, 2.75) is 19.4 Å². The molecule has 98 valence electrons. The third kappa shape index (κ3) is 3.45. The minimum absolute atomic E-state index is 0.0591. The molecule has 1 atom stereocenters. The first-order chi connectivity index (χ1) is 8.65. The molecule has 1 aromatic rings. The van der Waals surface area contributed by atoms with Gasteiger partial charge in [-0.15, -0.1) is 0 Å². The van der Waals surface area contributed by atoms with Crippen molar-refractivity contribution in [3.63, 3.8) is 0 Å².